The van der Waals surface area contributed by atoms with Gasteiger partial charge in [0.05, 0.1) is 10.6 Å². The molecule has 3 nitrogen and oxygen atoms in total. The number of para-hydroxylation sites is 1. The van der Waals surface area contributed by atoms with Crippen molar-refractivity contribution in [3.63, 3.8) is 0 Å². The highest BCUT2D eigenvalue weighted by molar-refractivity contribution is 7.92. The Kier molecular flexibility index (Phi) is 4.71. The Bertz CT molecular complexity index is 1090. The van der Waals surface area contributed by atoms with Crippen LogP contribution >= 0.6 is 0 Å². The van der Waals surface area contributed by atoms with E-state index in [1.807, 2.05) is 38.1 Å². The van der Waals surface area contributed by atoms with Gasteiger partial charge in [0.25, 0.3) is 10.0 Å². The number of nitrogens with zero attached hydrogens (tertiary/aromatic N) is 1. The summed E-state index contributed by atoms with van der Waals surface area (Å²) in [7, 11) is -3.76. The summed E-state index contributed by atoms with van der Waals surface area (Å²) in [5.74, 6) is -0.542. The summed E-state index contributed by atoms with van der Waals surface area (Å²) in [6.45, 7) is 3.95. The predicted molar refractivity (Wildman–Crippen MR) is 110 cm³/mol. The summed E-state index contributed by atoms with van der Waals surface area (Å²) in [6, 6.07) is 21.3. The topological polar surface area (TPSA) is 37.4 Å². The molecule has 3 aromatic carbocycles. The van der Waals surface area contributed by atoms with Gasteiger partial charge < -0.3 is 0 Å². The minimum absolute atomic E-state index is 0.0879. The summed E-state index contributed by atoms with van der Waals surface area (Å²) in [6.07, 6.45) is -1.28. The SMILES string of the molecule is Cc1ccc(C(F)C2CN(S(=O)(=O)c3ccc(C)cc3)c3ccccc32)cc1. The van der Waals surface area contributed by atoms with Gasteiger partial charge in [-0.1, -0.05) is 65.7 Å². The molecule has 0 aromatic heterocycles. The number of benzene rings is 3. The van der Waals surface area contributed by atoms with E-state index in [2.05, 4.69) is 0 Å². The normalized spacial score (nSPS) is 17.4. The average Bonchev–Trinajstić information content (AvgIpc) is 3.09. The summed E-state index contributed by atoms with van der Waals surface area (Å²) in [5.41, 5.74) is 3.90. The lowest BCUT2D eigenvalue weighted by Crippen LogP contribution is -2.30. The fraction of sp³-hybridized carbons (Fsp3) is 0.217. The number of halogens is 1. The first kappa shape index (κ1) is 18.7. The van der Waals surface area contributed by atoms with Crippen molar-refractivity contribution in [3.8, 4) is 0 Å². The third-order valence-electron chi connectivity index (χ3n) is 5.33. The molecule has 0 N–H and O–H groups in total. The maximum atomic E-state index is 15.4. The molecule has 2 atom stereocenters. The highest BCUT2D eigenvalue weighted by atomic mass is 32.2. The Balaban J connectivity index is 1.73. The Hall–Kier alpha value is -2.66. The highest BCUT2D eigenvalue weighted by Gasteiger charge is 2.40. The van der Waals surface area contributed by atoms with Gasteiger partial charge in [0.1, 0.15) is 6.17 Å². The first-order chi connectivity index (χ1) is 13.4. The molecule has 2 unspecified atom stereocenters. The molecule has 0 saturated heterocycles. The molecule has 5 heteroatoms. The van der Waals surface area contributed by atoms with Gasteiger partial charge in [-0.05, 0) is 43.2 Å². The van der Waals surface area contributed by atoms with Crippen LogP contribution in [0.2, 0.25) is 0 Å². The molecule has 1 heterocycles. The summed E-state index contributed by atoms with van der Waals surface area (Å²) in [5, 5.41) is 0. The van der Waals surface area contributed by atoms with Gasteiger partial charge in [-0.2, -0.15) is 0 Å². The zero-order valence-corrected chi connectivity index (χ0v) is 16.7. The van der Waals surface area contributed by atoms with E-state index >= 15 is 4.39 Å². The van der Waals surface area contributed by atoms with Crippen LogP contribution in [0.4, 0.5) is 10.1 Å². The van der Waals surface area contributed by atoms with E-state index in [1.54, 1.807) is 48.5 Å². The number of sulfonamides is 1. The molecule has 0 bridgehead atoms. The first-order valence-corrected chi connectivity index (χ1v) is 10.7. The van der Waals surface area contributed by atoms with Gasteiger partial charge in [-0.15, -0.1) is 0 Å². The molecule has 4 rings (SSSR count). The first-order valence-electron chi connectivity index (χ1n) is 9.27. The van der Waals surface area contributed by atoms with E-state index in [9.17, 15) is 8.42 Å². The highest BCUT2D eigenvalue weighted by Crippen LogP contribution is 2.46. The molecule has 144 valence electrons. The number of anilines is 1. The second-order valence-corrected chi connectivity index (χ2v) is 9.19. The summed E-state index contributed by atoms with van der Waals surface area (Å²) < 4.78 is 43.3. The summed E-state index contributed by atoms with van der Waals surface area (Å²) >= 11 is 0. The van der Waals surface area contributed by atoms with Gasteiger partial charge in [0.2, 0.25) is 0 Å². The van der Waals surface area contributed by atoms with Gasteiger partial charge >= 0.3 is 0 Å². The molecule has 1 aliphatic heterocycles. The van der Waals surface area contributed by atoms with Gasteiger partial charge in [-0.25, -0.2) is 12.8 Å². The summed E-state index contributed by atoms with van der Waals surface area (Å²) in [4.78, 5) is 0.222. The number of fused-ring (bicyclic) bond motifs is 1. The third kappa shape index (κ3) is 3.20. The second-order valence-electron chi connectivity index (χ2n) is 7.33. The predicted octanol–water partition coefficient (Wildman–Crippen LogP) is 5.31. The quantitative estimate of drug-likeness (QED) is 0.601. The number of hydrogen-bond acceptors (Lipinski definition) is 2. The van der Waals surface area contributed by atoms with Gasteiger partial charge in [0.15, 0.2) is 0 Å². The van der Waals surface area contributed by atoms with E-state index in [-0.39, 0.29) is 11.4 Å². The van der Waals surface area contributed by atoms with E-state index in [4.69, 9.17) is 0 Å². The van der Waals surface area contributed by atoms with Crippen molar-refractivity contribution < 1.29 is 12.8 Å². The van der Waals surface area contributed by atoms with Gasteiger partial charge in [0, 0.05) is 12.5 Å². The van der Waals surface area contributed by atoms with Crippen molar-refractivity contribution in [1.29, 1.82) is 0 Å². The zero-order chi connectivity index (χ0) is 19.9. The van der Waals surface area contributed by atoms with E-state index < -0.39 is 22.1 Å². The van der Waals surface area contributed by atoms with E-state index in [0.29, 0.717) is 11.3 Å². The minimum atomic E-state index is -3.76. The van der Waals surface area contributed by atoms with Crippen LogP contribution in [0.5, 0.6) is 0 Å². The van der Waals surface area contributed by atoms with Crippen molar-refractivity contribution in [3.05, 3.63) is 95.1 Å². The molecule has 3 aromatic rings. The third-order valence-corrected chi connectivity index (χ3v) is 7.12. The molecular weight excluding hydrogens is 373 g/mol. The Morgan fingerprint density at radius 1 is 0.893 bits per heavy atom. The van der Waals surface area contributed by atoms with Gasteiger partial charge in [-0.3, -0.25) is 4.31 Å². The Morgan fingerprint density at radius 3 is 2.11 bits per heavy atom. The van der Waals surface area contributed by atoms with Crippen LogP contribution in [0.1, 0.15) is 34.3 Å². The van der Waals surface area contributed by atoms with Crippen LogP contribution in [-0.2, 0) is 10.0 Å². The van der Waals surface area contributed by atoms with Crippen molar-refractivity contribution in [2.45, 2.75) is 30.8 Å². The monoisotopic (exact) mass is 395 g/mol. The van der Waals surface area contributed by atoms with E-state index in [1.165, 1.54) is 4.31 Å². The fourth-order valence-electron chi connectivity index (χ4n) is 3.70. The minimum Gasteiger partial charge on any atom is -0.265 e. The number of hydrogen-bond donors (Lipinski definition) is 0. The number of rotatable bonds is 4. The van der Waals surface area contributed by atoms with Crippen molar-refractivity contribution in [2.24, 2.45) is 0 Å². The second kappa shape index (κ2) is 7.06. The molecule has 1 aliphatic rings. The maximum Gasteiger partial charge on any atom is 0.264 e. The molecule has 0 saturated carbocycles. The molecule has 0 fully saturated rings. The van der Waals surface area contributed by atoms with Crippen LogP contribution in [0.25, 0.3) is 0 Å². The number of alkyl halides is 1. The lowest BCUT2D eigenvalue weighted by molar-refractivity contribution is 0.297. The van der Waals surface area contributed by atoms with Crippen LogP contribution < -0.4 is 4.31 Å². The molecule has 0 spiro atoms. The molecule has 0 radical (unpaired) electrons. The van der Waals surface area contributed by atoms with Crippen molar-refractivity contribution in [2.75, 3.05) is 10.8 Å². The lowest BCUT2D eigenvalue weighted by atomic mass is 9.91. The van der Waals surface area contributed by atoms with E-state index in [0.717, 1.165) is 16.7 Å². The van der Waals surface area contributed by atoms with Crippen LogP contribution in [0, 0.1) is 13.8 Å². The van der Waals surface area contributed by atoms with Crippen LogP contribution in [0.3, 0.4) is 0 Å². The van der Waals surface area contributed by atoms with Crippen LogP contribution in [0.15, 0.2) is 77.7 Å². The smallest absolute Gasteiger partial charge is 0.264 e. The average molecular weight is 395 g/mol. The Labute approximate surface area is 165 Å². The molecule has 0 aliphatic carbocycles. The van der Waals surface area contributed by atoms with Crippen molar-refractivity contribution in [1.82, 2.24) is 0 Å². The van der Waals surface area contributed by atoms with Crippen LogP contribution in [-0.4, -0.2) is 15.0 Å². The largest absolute Gasteiger partial charge is 0.265 e. The lowest BCUT2D eigenvalue weighted by Gasteiger charge is -2.21. The molecular formula is C23H22FNO2S. The fourth-order valence-corrected chi connectivity index (χ4v) is 5.22. The Morgan fingerprint density at radius 2 is 1.46 bits per heavy atom. The number of aryl methyl sites for hydroxylation is 2. The maximum absolute atomic E-state index is 15.4. The zero-order valence-electron chi connectivity index (χ0n) is 15.8. The van der Waals surface area contributed by atoms with Crippen molar-refractivity contribution >= 4 is 15.7 Å². The standard InChI is InChI=1S/C23H22FNO2S/c1-16-7-11-18(12-8-16)23(24)21-15-25(22-6-4-3-5-20(21)22)28(26,27)19-13-9-17(2)10-14-19/h3-14,21,23H,15H2,1-2H3. The molecule has 0 amide bonds. The molecule has 28 heavy (non-hydrogen) atoms.